The van der Waals surface area contributed by atoms with Gasteiger partial charge >= 0.3 is 0 Å². The molecule has 2 rings (SSSR count). The lowest BCUT2D eigenvalue weighted by atomic mass is 9.88. The molecule has 0 saturated heterocycles. The molecule has 0 aliphatic carbocycles. The number of nitrogens with one attached hydrogen (secondary N) is 1. The highest BCUT2D eigenvalue weighted by atomic mass is 16.5. The van der Waals surface area contributed by atoms with Crippen LogP contribution in [0.2, 0.25) is 0 Å². The number of phenolic OH excluding ortho intramolecular Hbond substituents is 1. The normalized spacial score (nSPS) is 34.2. The average molecular weight is 480 g/mol. The maximum absolute atomic E-state index is 12.4. The summed E-state index contributed by atoms with van der Waals surface area (Å²) in [5.41, 5.74) is 1.97. The van der Waals surface area contributed by atoms with Crippen molar-refractivity contribution in [3.8, 4) is 5.75 Å². The maximum atomic E-state index is 12.4. The van der Waals surface area contributed by atoms with Gasteiger partial charge in [0, 0.05) is 31.9 Å². The second-order valence-electron chi connectivity index (χ2n) is 9.67. The van der Waals surface area contributed by atoms with Gasteiger partial charge in [0.25, 0.3) is 0 Å². The van der Waals surface area contributed by atoms with Gasteiger partial charge in [-0.05, 0) is 61.8 Å². The Morgan fingerprint density at radius 1 is 0.971 bits per heavy atom. The molecule has 5 N–H and O–H groups in total. The number of methoxy groups -OCH3 is 2. The minimum atomic E-state index is -0.910. The molecule has 34 heavy (non-hydrogen) atoms. The van der Waals surface area contributed by atoms with Crippen LogP contribution in [-0.2, 0) is 20.7 Å². The quantitative estimate of drug-likeness (QED) is 0.413. The molecule has 1 aliphatic heterocycles. The Hall–Kier alpha value is -1.97. The van der Waals surface area contributed by atoms with Crippen molar-refractivity contribution in [2.75, 3.05) is 19.5 Å². The van der Waals surface area contributed by atoms with Crippen LogP contribution in [-0.4, -0.2) is 71.1 Å². The van der Waals surface area contributed by atoms with E-state index < -0.39 is 30.5 Å². The maximum Gasteiger partial charge on any atom is 0.226 e. The van der Waals surface area contributed by atoms with E-state index in [0.717, 1.165) is 5.56 Å². The third-order valence-electron chi connectivity index (χ3n) is 6.56. The van der Waals surface area contributed by atoms with Crippen LogP contribution in [0.25, 0.3) is 0 Å². The number of rotatable bonds is 2. The molecule has 0 spiro atoms. The molecule has 0 saturated carbocycles. The first-order chi connectivity index (χ1) is 16.0. The van der Waals surface area contributed by atoms with Gasteiger partial charge in [-0.1, -0.05) is 19.9 Å². The van der Waals surface area contributed by atoms with Crippen LogP contribution >= 0.6 is 0 Å². The van der Waals surface area contributed by atoms with E-state index in [4.69, 9.17) is 9.47 Å². The summed E-state index contributed by atoms with van der Waals surface area (Å²) < 4.78 is 11.1. The molecule has 1 aromatic rings. The molecule has 0 aromatic heterocycles. The zero-order valence-electron chi connectivity index (χ0n) is 20.9. The summed E-state index contributed by atoms with van der Waals surface area (Å²) >= 11 is 0. The van der Waals surface area contributed by atoms with Crippen LogP contribution in [0.15, 0.2) is 29.8 Å². The van der Waals surface area contributed by atoms with Gasteiger partial charge < -0.3 is 35.2 Å². The number of hydrogen-bond acceptors (Lipinski definition) is 7. The van der Waals surface area contributed by atoms with Crippen molar-refractivity contribution in [3.05, 3.63) is 35.4 Å². The summed E-state index contributed by atoms with van der Waals surface area (Å²) in [5, 5.41) is 45.0. The van der Waals surface area contributed by atoms with Crippen molar-refractivity contribution >= 4 is 11.6 Å². The largest absolute Gasteiger partial charge is 0.508 e. The highest BCUT2D eigenvalue weighted by Gasteiger charge is 2.28. The molecule has 7 atom stereocenters. The summed E-state index contributed by atoms with van der Waals surface area (Å²) in [4.78, 5) is 12.4. The topological polar surface area (TPSA) is 128 Å². The van der Waals surface area contributed by atoms with Crippen LogP contribution < -0.4 is 5.32 Å². The van der Waals surface area contributed by atoms with Crippen LogP contribution in [0.3, 0.4) is 0 Å². The van der Waals surface area contributed by atoms with Crippen LogP contribution in [0.4, 0.5) is 5.69 Å². The number of carbonyl (C=O) groups excluding carboxylic acids is 1. The fourth-order valence-corrected chi connectivity index (χ4v) is 4.65. The van der Waals surface area contributed by atoms with Gasteiger partial charge in [-0.15, -0.1) is 0 Å². The van der Waals surface area contributed by atoms with E-state index in [0.29, 0.717) is 30.5 Å². The number of amides is 1. The number of aromatic hydroxyl groups is 1. The summed E-state index contributed by atoms with van der Waals surface area (Å²) in [5.74, 6) is -0.473. The molecule has 192 valence electrons. The van der Waals surface area contributed by atoms with Crippen LogP contribution in [0.5, 0.6) is 5.75 Å². The lowest BCUT2D eigenvalue weighted by molar-refractivity contribution is -0.118. The van der Waals surface area contributed by atoms with Crippen LogP contribution in [0.1, 0.15) is 52.0 Å². The predicted octanol–water partition coefficient (Wildman–Crippen LogP) is 2.78. The van der Waals surface area contributed by atoms with Crippen molar-refractivity contribution in [2.45, 2.75) is 83.4 Å². The first kappa shape index (κ1) is 28.3. The lowest BCUT2D eigenvalue weighted by Crippen LogP contribution is -2.36. The molecule has 2 bridgehead atoms. The molecular formula is C26H41NO7. The van der Waals surface area contributed by atoms with E-state index in [9.17, 15) is 25.2 Å². The number of fused-ring (bicyclic) bond motifs is 2. The van der Waals surface area contributed by atoms with Gasteiger partial charge in [0.05, 0.1) is 30.8 Å². The van der Waals surface area contributed by atoms with E-state index in [1.807, 2.05) is 19.9 Å². The van der Waals surface area contributed by atoms with Crippen molar-refractivity contribution in [1.82, 2.24) is 0 Å². The zero-order valence-corrected chi connectivity index (χ0v) is 20.9. The average Bonchev–Trinajstić information content (AvgIpc) is 2.75. The SMILES string of the molecule is CO[C@H]1C[C@H](C)Cc2cc(O)cc(c2)NC(=O)CC(O)CC[C@H](OC)[C@@H](O)/C(C)=C/[C@H](C)[C@H]1O. The number of aliphatic hydroxyl groups excluding tert-OH is 3. The first-order valence-electron chi connectivity index (χ1n) is 11.9. The van der Waals surface area contributed by atoms with E-state index >= 15 is 0 Å². The smallest absolute Gasteiger partial charge is 0.226 e. The van der Waals surface area contributed by atoms with Crippen molar-refractivity contribution < 1.29 is 34.7 Å². The third-order valence-corrected chi connectivity index (χ3v) is 6.56. The summed E-state index contributed by atoms with van der Waals surface area (Å²) in [6.07, 6.45) is -0.0385. The van der Waals surface area contributed by atoms with E-state index in [-0.39, 0.29) is 36.3 Å². The molecule has 0 fully saturated rings. The van der Waals surface area contributed by atoms with E-state index in [1.165, 1.54) is 13.2 Å². The number of ether oxygens (including phenoxy) is 2. The molecule has 1 aromatic carbocycles. The summed E-state index contributed by atoms with van der Waals surface area (Å²) in [6, 6.07) is 4.93. The predicted molar refractivity (Wildman–Crippen MR) is 131 cm³/mol. The Labute approximate surface area is 202 Å². The van der Waals surface area contributed by atoms with Gasteiger partial charge in [-0.2, -0.15) is 0 Å². The lowest BCUT2D eigenvalue weighted by Gasteiger charge is -2.29. The molecule has 8 nitrogen and oxygen atoms in total. The third kappa shape index (κ3) is 8.36. The summed E-state index contributed by atoms with van der Waals surface area (Å²) in [6.45, 7) is 5.71. The standard InChI is InChI=1S/C26H41NO7/c1-15-8-18-11-19(13-21(29)12-18)27-24(30)14-20(28)6-7-22(33-4)25(31)16(2)10-17(3)26(32)23(9-15)34-5/h10-13,15,17,20,22-23,25-26,28-29,31-32H,6-9,14H2,1-5H3,(H,27,30)/b16-10+/t15-,17+,20?,22+,23+,25+,26-/m1/s1. The Morgan fingerprint density at radius 2 is 1.65 bits per heavy atom. The minimum absolute atomic E-state index is 0.0425. The number of carbonyl (C=O) groups is 1. The zero-order chi connectivity index (χ0) is 25.4. The molecule has 0 radical (unpaired) electrons. The van der Waals surface area contributed by atoms with Gasteiger partial charge in [0.15, 0.2) is 0 Å². The number of hydrogen-bond donors (Lipinski definition) is 5. The second kappa shape index (κ2) is 13.2. The van der Waals surface area contributed by atoms with Crippen molar-refractivity contribution in [3.63, 3.8) is 0 Å². The monoisotopic (exact) mass is 479 g/mol. The Bertz CT molecular complexity index is 827. The fourth-order valence-electron chi connectivity index (χ4n) is 4.65. The molecule has 1 unspecified atom stereocenters. The Balaban J connectivity index is 2.34. The Morgan fingerprint density at radius 3 is 2.29 bits per heavy atom. The fraction of sp³-hybridized carbons (Fsp3) is 0.654. The molecular weight excluding hydrogens is 438 g/mol. The Kier molecular flexibility index (Phi) is 11.0. The van der Waals surface area contributed by atoms with Crippen molar-refractivity contribution in [2.24, 2.45) is 11.8 Å². The number of benzene rings is 1. The summed E-state index contributed by atoms with van der Waals surface area (Å²) in [7, 11) is 3.07. The first-order valence-corrected chi connectivity index (χ1v) is 11.9. The van der Waals surface area contributed by atoms with Gasteiger partial charge in [0.2, 0.25) is 5.91 Å². The molecule has 1 amide bonds. The highest BCUT2D eigenvalue weighted by Crippen LogP contribution is 2.27. The van der Waals surface area contributed by atoms with Crippen LogP contribution in [0, 0.1) is 11.8 Å². The minimum Gasteiger partial charge on any atom is -0.508 e. The van der Waals surface area contributed by atoms with Gasteiger partial charge in [0.1, 0.15) is 11.9 Å². The molecule has 1 aliphatic rings. The van der Waals surface area contributed by atoms with Crippen molar-refractivity contribution in [1.29, 1.82) is 0 Å². The van der Waals surface area contributed by atoms with Gasteiger partial charge in [-0.3, -0.25) is 4.79 Å². The highest BCUT2D eigenvalue weighted by molar-refractivity contribution is 5.91. The number of aliphatic hydroxyl groups is 3. The van der Waals surface area contributed by atoms with E-state index in [2.05, 4.69) is 5.32 Å². The van der Waals surface area contributed by atoms with Gasteiger partial charge in [-0.25, -0.2) is 0 Å². The molecule has 8 heteroatoms. The second-order valence-corrected chi connectivity index (χ2v) is 9.67. The number of phenols is 1. The van der Waals surface area contributed by atoms with E-state index in [1.54, 1.807) is 26.2 Å². The number of anilines is 1. The molecule has 1 heterocycles.